The van der Waals surface area contributed by atoms with Crippen LogP contribution >= 0.6 is 0 Å². The molecule has 104 valence electrons. The standard InChI is InChI=1S/C15H16N2O3/c18-15(12-4-2-1-3-5-12)20-13-10-16-17-14(13)11-6-8-19-9-7-11/h1-5,10-11H,6-9H2,(H,16,17). The van der Waals surface area contributed by atoms with Crippen LogP contribution < -0.4 is 4.74 Å². The summed E-state index contributed by atoms with van der Waals surface area (Å²) in [5.41, 5.74) is 1.35. The van der Waals surface area contributed by atoms with Crippen LogP contribution in [-0.2, 0) is 4.74 Å². The van der Waals surface area contributed by atoms with E-state index in [1.807, 2.05) is 18.2 Å². The molecule has 1 aromatic heterocycles. The van der Waals surface area contributed by atoms with E-state index >= 15 is 0 Å². The highest BCUT2D eigenvalue weighted by molar-refractivity contribution is 5.91. The number of hydrogen-bond acceptors (Lipinski definition) is 4. The van der Waals surface area contributed by atoms with Crippen molar-refractivity contribution in [3.05, 3.63) is 47.8 Å². The zero-order valence-electron chi connectivity index (χ0n) is 11.0. The van der Waals surface area contributed by atoms with E-state index < -0.39 is 0 Å². The summed E-state index contributed by atoms with van der Waals surface area (Å²) in [5.74, 6) is 0.444. The van der Waals surface area contributed by atoms with Crippen LogP contribution in [0.3, 0.4) is 0 Å². The molecule has 0 amide bonds. The molecule has 0 saturated carbocycles. The summed E-state index contributed by atoms with van der Waals surface area (Å²) in [6.45, 7) is 1.45. The van der Waals surface area contributed by atoms with Crippen LogP contribution in [0.25, 0.3) is 0 Å². The number of H-pyrrole nitrogens is 1. The van der Waals surface area contributed by atoms with Gasteiger partial charge in [-0.25, -0.2) is 4.79 Å². The van der Waals surface area contributed by atoms with Crippen molar-refractivity contribution in [1.82, 2.24) is 10.2 Å². The molecule has 5 heteroatoms. The maximum Gasteiger partial charge on any atom is 0.343 e. The minimum Gasteiger partial charge on any atom is -0.419 e. The number of carbonyl (C=O) groups excluding carboxylic acids is 1. The van der Waals surface area contributed by atoms with E-state index in [0.29, 0.717) is 11.3 Å². The van der Waals surface area contributed by atoms with Gasteiger partial charge in [-0.15, -0.1) is 0 Å². The number of benzene rings is 1. The van der Waals surface area contributed by atoms with Crippen LogP contribution in [0.4, 0.5) is 0 Å². The van der Waals surface area contributed by atoms with Crippen LogP contribution in [0.15, 0.2) is 36.5 Å². The molecule has 1 saturated heterocycles. The van der Waals surface area contributed by atoms with Gasteiger partial charge in [0, 0.05) is 19.1 Å². The zero-order valence-corrected chi connectivity index (χ0v) is 11.0. The van der Waals surface area contributed by atoms with Crippen molar-refractivity contribution >= 4 is 5.97 Å². The van der Waals surface area contributed by atoms with Crippen molar-refractivity contribution in [3.8, 4) is 5.75 Å². The fourth-order valence-corrected chi connectivity index (χ4v) is 2.37. The highest BCUT2D eigenvalue weighted by atomic mass is 16.5. The average molecular weight is 272 g/mol. The van der Waals surface area contributed by atoms with E-state index in [-0.39, 0.29) is 11.9 Å². The molecule has 20 heavy (non-hydrogen) atoms. The Hall–Kier alpha value is -2.14. The van der Waals surface area contributed by atoms with E-state index in [1.54, 1.807) is 18.3 Å². The Morgan fingerprint density at radius 3 is 2.75 bits per heavy atom. The maximum atomic E-state index is 12.1. The van der Waals surface area contributed by atoms with E-state index in [4.69, 9.17) is 9.47 Å². The lowest BCUT2D eigenvalue weighted by Gasteiger charge is -2.20. The van der Waals surface area contributed by atoms with Gasteiger partial charge in [0.25, 0.3) is 0 Å². The first-order valence-corrected chi connectivity index (χ1v) is 6.73. The maximum absolute atomic E-state index is 12.1. The molecule has 1 aliphatic rings. The molecule has 0 aliphatic carbocycles. The molecule has 0 atom stereocenters. The number of esters is 1. The van der Waals surface area contributed by atoms with E-state index in [9.17, 15) is 4.79 Å². The number of rotatable bonds is 3. The summed E-state index contributed by atoms with van der Waals surface area (Å²) in [7, 11) is 0. The topological polar surface area (TPSA) is 64.2 Å². The van der Waals surface area contributed by atoms with Crippen molar-refractivity contribution in [3.63, 3.8) is 0 Å². The fourth-order valence-electron chi connectivity index (χ4n) is 2.37. The lowest BCUT2D eigenvalue weighted by Crippen LogP contribution is -2.16. The summed E-state index contributed by atoms with van der Waals surface area (Å²) < 4.78 is 10.8. The van der Waals surface area contributed by atoms with Gasteiger partial charge in [0.1, 0.15) is 5.69 Å². The van der Waals surface area contributed by atoms with Gasteiger partial charge in [-0.1, -0.05) is 18.2 Å². The zero-order chi connectivity index (χ0) is 13.8. The first kappa shape index (κ1) is 12.9. The van der Waals surface area contributed by atoms with Crippen molar-refractivity contribution in [1.29, 1.82) is 0 Å². The molecule has 1 N–H and O–H groups in total. The van der Waals surface area contributed by atoms with Gasteiger partial charge in [0.2, 0.25) is 0 Å². The highest BCUT2D eigenvalue weighted by Gasteiger charge is 2.23. The van der Waals surface area contributed by atoms with Gasteiger partial charge in [-0.2, -0.15) is 5.10 Å². The van der Waals surface area contributed by atoms with E-state index in [0.717, 1.165) is 31.7 Å². The molecule has 2 aromatic rings. The number of nitrogens with zero attached hydrogens (tertiary/aromatic N) is 1. The Bertz CT molecular complexity index is 574. The molecular formula is C15H16N2O3. The largest absolute Gasteiger partial charge is 0.419 e. The van der Waals surface area contributed by atoms with Gasteiger partial charge in [-0.3, -0.25) is 5.10 Å². The van der Waals surface area contributed by atoms with Crippen LogP contribution in [0, 0.1) is 0 Å². The fraction of sp³-hybridized carbons (Fsp3) is 0.333. The first-order valence-electron chi connectivity index (χ1n) is 6.73. The monoisotopic (exact) mass is 272 g/mol. The molecular weight excluding hydrogens is 256 g/mol. The van der Waals surface area contributed by atoms with Crippen molar-refractivity contribution in [2.75, 3.05) is 13.2 Å². The van der Waals surface area contributed by atoms with Crippen molar-refractivity contribution in [2.24, 2.45) is 0 Å². The summed E-state index contributed by atoms with van der Waals surface area (Å²) in [6, 6.07) is 8.95. The molecule has 3 rings (SSSR count). The summed E-state index contributed by atoms with van der Waals surface area (Å²) in [5, 5.41) is 7.01. The second-order valence-corrected chi connectivity index (χ2v) is 4.78. The predicted molar refractivity (Wildman–Crippen MR) is 72.8 cm³/mol. The Kier molecular flexibility index (Phi) is 3.78. The highest BCUT2D eigenvalue weighted by Crippen LogP contribution is 2.32. The van der Waals surface area contributed by atoms with Crippen LogP contribution in [0.5, 0.6) is 5.75 Å². The first-order chi connectivity index (χ1) is 9.84. The SMILES string of the molecule is O=C(Oc1c[nH]nc1C1CCOCC1)c1ccccc1. The lowest BCUT2D eigenvalue weighted by molar-refractivity contribution is 0.0720. The minimum atomic E-state index is -0.361. The molecule has 2 heterocycles. The summed E-state index contributed by atoms with van der Waals surface area (Å²) in [6.07, 6.45) is 3.44. The molecule has 0 spiro atoms. The Morgan fingerprint density at radius 1 is 1.25 bits per heavy atom. The Balaban J connectivity index is 1.75. The summed E-state index contributed by atoms with van der Waals surface area (Å²) >= 11 is 0. The van der Waals surface area contributed by atoms with Crippen molar-refractivity contribution < 1.29 is 14.3 Å². The third-order valence-electron chi connectivity index (χ3n) is 3.45. The Labute approximate surface area is 116 Å². The number of hydrogen-bond donors (Lipinski definition) is 1. The second kappa shape index (κ2) is 5.88. The second-order valence-electron chi connectivity index (χ2n) is 4.78. The van der Waals surface area contributed by atoms with Crippen LogP contribution in [-0.4, -0.2) is 29.4 Å². The quantitative estimate of drug-likeness (QED) is 0.872. The number of carbonyl (C=O) groups is 1. The Morgan fingerprint density at radius 2 is 2.00 bits per heavy atom. The third-order valence-corrected chi connectivity index (χ3v) is 3.45. The van der Waals surface area contributed by atoms with Gasteiger partial charge < -0.3 is 9.47 Å². The van der Waals surface area contributed by atoms with Gasteiger partial charge >= 0.3 is 5.97 Å². The summed E-state index contributed by atoms with van der Waals surface area (Å²) in [4.78, 5) is 12.1. The molecule has 0 unspecified atom stereocenters. The average Bonchev–Trinajstić information content (AvgIpc) is 2.97. The van der Waals surface area contributed by atoms with Gasteiger partial charge in [0.05, 0.1) is 11.8 Å². The molecule has 1 aliphatic heterocycles. The van der Waals surface area contributed by atoms with Gasteiger partial charge in [0.15, 0.2) is 5.75 Å². The molecule has 1 fully saturated rings. The molecule has 1 aromatic carbocycles. The smallest absolute Gasteiger partial charge is 0.343 e. The van der Waals surface area contributed by atoms with Crippen molar-refractivity contribution in [2.45, 2.75) is 18.8 Å². The molecule has 5 nitrogen and oxygen atoms in total. The number of aromatic amines is 1. The number of ether oxygens (including phenoxy) is 2. The predicted octanol–water partition coefficient (Wildman–Crippen LogP) is 2.52. The number of aromatic nitrogens is 2. The minimum absolute atomic E-state index is 0.286. The van der Waals surface area contributed by atoms with Crippen LogP contribution in [0.1, 0.15) is 34.8 Å². The van der Waals surface area contributed by atoms with E-state index in [1.165, 1.54) is 0 Å². The van der Waals surface area contributed by atoms with Gasteiger partial charge in [-0.05, 0) is 25.0 Å². The molecule has 0 radical (unpaired) electrons. The van der Waals surface area contributed by atoms with E-state index in [2.05, 4.69) is 10.2 Å². The lowest BCUT2D eigenvalue weighted by atomic mass is 9.96. The number of nitrogens with one attached hydrogen (secondary N) is 1. The molecule has 0 bridgehead atoms. The van der Waals surface area contributed by atoms with Crippen LogP contribution in [0.2, 0.25) is 0 Å². The normalized spacial score (nSPS) is 16.0. The third kappa shape index (κ3) is 2.72.